The van der Waals surface area contributed by atoms with E-state index in [9.17, 15) is 12.8 Å². The van der Waals surface area contributed by atoms with Gasteiger partial charge in [-0.3, -0.25) is 0 Å². The van der Waals surface area contributed by atoms with E-state index < -0.39 is 21.9 Å². The molecule has 1 atom stereocenters. The molecule has 0 aliphatic rings. The summed E-state index contributed by atoms with van der Waals surface area (Å²) in [4.78, 5) is 0.0735. The molecule has 19 heavy (non-hydrogen) atoms. The maximum Gasteiger partial charge on any atom is 0.240 e. The SMILES string of the molecule is Cc1cc(F)ccc1S(=O)(=O)NCCNCC(C)O. The van der Waals surface area contributed by atoms with Gasteiger partial charge in [-0.1, -0.05) is 0 Å². The van der Waals surface area contributed by atoms with Gasteiger partial charge in [0.1, 0.15) is 5.82 Å². The summed E-state index contributed by atoms with van der Waals surface area (Å²) in [6.07, 6.45) is -0.476. The predicted molar refractivity (Wildman–Crippen MR) is 70.9 cm³/mol. The fourth-order valence-corrected chi connectivity index (χ4v) is 2.83. The number of nitrogens with one attached hydrogen (secondary N) is 2. The topological polar surface area (TPSA) is 78.4 Å². The molecule has 108 valence electrons. The Morgan fingerprint density at radius 2 is 2.05 bits per heavy atom. The van der Waals surface area contributed by atoms with E-state index in [1.54, 1.807) is 13.8 Å². The van der Waals surface area contributed by atoms with Crippen molar-refractivity contribution in [3.8, 4) is 0 Å². The molecule has 0 aromatic heterocycles. The molecule has 0 aliphatic carbocycles. The van der Waals surface area contributed by atoms with Crippen molar-refractivity contribution in [2.75, 3.05) is 19.6 Å². The van der Waals surface area contributed by atoms with Crippen molar-refractivity contribution in [2.24, 2.45) is 0 Å². The van der Waals surface area contributed by atoms with Crippen LogP contribution in [-0.4, -0.2) is 39.3 Å². The zero-order valence-corrected chi connectivity index (χ0v) is 11.8. The average Bonchev–Trinajstić information content (AvgIpc) is 2.27. The van der Waals surface area contributed by atoms with Gasteiger partial charge in [-0.2, -0.15) is 0 Å². The van der Waals surface area contributed by atoms with Gasteiger partial charge in [-0.25, -0.2) is 17.5 Å². The van der Waals surface area contributed by atoms with E-state index in [4.69, 9.17) is 5.11 Å². The normalized spacial score (nSPS) is 13.5. The summed E-state index contributed by atoms with van der Waals surface area (Å²) in [6, 6.07) is 3.55. The van der Waals surface area contributed by atoms with Gasteiger partial charge < -0.3 is 10.4 Å². The molecule has 0 spiro atoms. The minimum Gasteiger partial charge on any atom is -0.392 e. The molecule has 0 amide bonds. The van der Waals surface area contributed by atoms with Crippen molar-refractivity contribution >= 4 is 10.0 Å². The van der Waals surface area contributed by atoms with Crippen LogP contribution in [0.2, 0.25) is 0 Å². The molecule has 1 aromatic carbocycles. The molecule has 0 heterocycles. The van der Waals surface area contributed by atoms with Crippen LogP contribution in [0.3, 0.4) is 0 Å². The summed E-state index contributed by atoms with van der Waals surface area (Å²) in [7, 11) is -3.63. The third kappa shape index (κ3) is 5.23. The molecule has 1 unspecified atom stereocenters. The van der Waals surface area contributed by atoms with Crippen molar-refractivity contribution in [1.82, 2.24) is 10.0 Å². The minimum absolute atomic E-state index is 0.0735. The fourth-order valence-electron chi connectivity index (χ4n) is 1.58. The molecule has 0 bridgehead atoms. The molecule has 7 heteroatoms. The zero-order chi connectivity index (χ0) is 14.5. The van der Waals surface area contributed by atoms with E-state index in [1.165, 1.54) is 12.1 Å². The first-order chi connectivity index (χ1) is 8.83. The number of aliphatic hydroxyl groups is 1. The lowest BCUT2D eigenvalue weighted by Crippen LogP contribution is -2.34. The number of aryl methyl sites for hydroxylation is 1. The van der Waals surface area contributed by atoms with E-state index in [1.807, 2.05) is 0 Å². The Morgan fingerprint density at radius 1 is 1.37 bits per heavy atom. The number of aliphatic hydroxyl groups excluding tert-OH is 1. The summed E-state index contributed by atoms with van der Waals surface area (Å²) in [5, 5.41) is 11.9. The third-order valence-corrected chi connectivity index (χ3v) is 4.08. The highest BCUT2D eigenvalue weighted by atomic mass is 32.2. The Balaban J connectivity index is 2.56. The Hall–Kier alpha value is -1.02. The molecule has 1 aromatic rings. The van der Waals surface area contributed by atoms with Crippen LogP contribution in [-0.2, 0) is 10.0 Å². The minimum atomic E-state index is -3.63. The third-order valence-electron chi connectivity index (χ3n) is 2.46. The number of sulfonamides is 1. The highest BCUT2D eigenvalue weighted by Gasteiger charge is 2.16. The first kappa shape index (κ1) is 16.0. The van der Waals surface area contributed by atoms with Crippen molar-refractivity contribution in [3.05, 3.63) is 29.6 Å². The Bertz CT molecular complexity index is 518. The molecule has 0 radical (unpaired) electrons. The highest BCUT2D eigenvalue weighted by molar-refractivity contribution is 7.89. The van der Waals surface area contributed by atoms with Gasteiger partial charge in [-0.15, -0.1) is 0 Å². The second kappa shape index (κ2) is 6.95. The maximum atomic E-state index is 12.9. The van der Waals surface area contributed by atoms with Gasteiger partial charge in [0.2, 0.25) is 10.0 Å². The van der Waals surface area contributed by atoms with Crippen molar-refractivity contribution in [3.63, 3.8) is 0 Å². The summed E-state index contributed by atoms with van der Waals surface area (Å²) in [5.41, 5.74) is 0.365. The molecule has 0 aliphatic heterocycles. The van der Waals surface area contributed by atoms with Gasteiger partial charge in [0.05, 0.1) is 11.0 Å². The standard InChI is InChI=1S/C12H19FN2O3S/c1-9-7-11(13)3-4-12(9)19(17,18)15-6-5-14-8-10(2)16/h3-4,7,10,14-16H,5-6,8H2,1-2H3. The van der Waals surface area contributed by atoms with Crippen LogP contribution in [0.15, 0.2) is 23.1 Å². The van der Waals surface area contributed by atoms with Crippen LogP contribution in [0.4, 0.5) is 4.39 Å². The Morgan fingerprint density at radius 3 is 2.63 bits per heavy atom. The molecule has 5 nitrogen and oxygen atoms in total. The Kier molecular flexibility index (Phi) is 5.86. The molecule has 0 saturated heterocycles. The number of hydrogen-bond acceptors (Lipinski definition) is 4. The predicted octanol–water partition coefficient (Wildman–Crippen LogP) is 0.383. The molecule has 3 N–H and O–H groups in total. The second-order valence-corrected chi connectivity index (χ2v) is 6.10. The van der Waals surface area contributed by atoms with Crippen molar-refractivity contribution in [2.45, 2.75) is 24.8 Å². The fraction of sp³-hybridized carbons (Fsp3) is 0.500. The lowest BCUT2D eigenvalue weighted by molar-refractivity contribution is 0.192. The number of hydrogen-bond donors (Lipinski definition) is 3. The largest absolute Gasteiger partial charge is 0.392 e. The zero-order valence-electron chi connectivity index (χ0n) is 11.0. The van der Waals surface area contributed by atoms with E-state index in [0.717, 1.165) is 6.07 Å². The summed E-state index contributed by atoms with van der Waals surface area (Å²) in [6.45, 7) is 4.19. The molecule has 0 fully saturated rings. The molecular weight excluding hydrogens is 271 g/mol. The van der Waals surface area contributed by atoms with Gasteiger partial charge >= 0.3 is 0 Å². The van der Waals surface area contributed by atoms with Crippen molar-refractivity contribution < 1.29 is 17.9 Å². The monoisotopic (exact) mass is 290 g/mol. The summed E-state index contributed by atoms with van der Waals surface area (Å²) >= 11 is 0. The number of halogens is 1. The van der Waals surface area contributed by atoms with E-state index in [-0.39, 0.29) is 11.4 Å². The lowest BCUT2D eigenvalue weighted by Gasteiger charge is -2.10. The Labute approximate surface area is 112 Å². The van der Waals surface area contributed by atoms with Crippen molar-refractivity contribution in [1.29, 1.82) is 0 Å². The molecule has 0 saturated carbocycles. The van der Waals surface area contributed by atoms with Crippen LogP contribution in [0.25, 0.3) is 0 Å². The first-order valence-corrected chi connectivity index (χ1v) is 7.46. The first-order valence-electron chi connectivity index (χ1n) is 5.97. The van der Waals surface area contributed by atoms with E-state index in [2.05, 4.69) is 10.0 Å². The smallest absolute Gasteiger partial charge is 0.240 e. The van der Waals surface area contributed by atoms with Crippen LogP contribution in [0.5, 0.6) is 0 Å². The lowest BCUT2D eigenvalue weighted by atomic mass is 10.2. The second-order valence-electron chi connectivity index (χ2n) is 4.36. The van der Waals surface area contributed by atoms with E-state index in [0.29, 0.717) is 18.7 Å². The number of benzene rings is 1. The van der Waals surface area contributed by atoms with Gasteiger partial charge in [0.15, 0.2) is 0 Å². The van der Waals surface area contributed by atoms with Crippen LogP contribution < -0.4 is 10.0 Å². The van der Waals surface area contributed by atoms with Crippen LogP contribution >= 0.6 is 0 Å². The van der Waals surface area contributed by atoms with Crippen LogP contribution in [0.1, 0.15) is 12.5 Å². The van der Waals surface area contributed by atoms with Gasteiger partial charge in [0.25, 0.3) is 0 Å². The average molecular weight is 290 g/mol. The summed E-state index contributed by atoms with van der Waals surface area (Å²) in [5.74, 6) is -0.463. The highest BCUT2D eigenvalue weighted by Crippen LogP contribution is 2.15. The van der Waals surface area contributed by atoms with Gasteiger partial charge in [0, 0.05) is 19.6 Å². The molecular formula is C12H19FN2O3S. The summed E-state index contributed by atoms with van der Waals surface area (Å²) < 4.78 is 39.2. The number of rotatable bonds is 7. The molecule has 1 rings (SSSR count). The quantitative estimate of drug-likeness (QED) is 0.635. The maximum absolute atomic E-state index is 12.9. The van der Waals surface area contributed by atoms with Gasteiger partial charge in [-0.05, 0) is 37.6 Å². The van der Waals surface area contributed by atoms with E-state index >= 15 is 0 Å². The van der Waals surface area contributed by atoms with Crippen LogP contribution in [0, 0.1) is 12.7 Å².